The first kappa shape index (κ1) is 9.26. The summed E-state index contributed by atoms with van der Waals surface area (Å²) in [7, 11) is 1.94. The summed E-state index contributed by atoms with van der Waals surface area (Å²) < 4.78 is 0. The number of aromatic nitrogens is 2. The molecule has 0 aliphatic heterocycles. The van der Waals surface area contributed by atoms with Crippen molar-refractivity contribution in [1.82, 2.24) is 15.5 Å². The van der Waals surface area contributed by atoms with Crippen molar-refractivity contribution in [1.29, 1.82) is 0 Å². The van der Waals surface area contributed by atoms with Crippen molar-refractivity contribution in [2.75, 3.05) is 7.05 Å². The van der Waals surface area contributed by atoms with Crippen LogP contribution in [0.5, 0.6) is 0 Å². The Bertz CT molecular complexity index is 245. The molecule has 0 unspecified atom stereocenters. The number of aromatic amines is 1. The predicted octanol–water partition coefficient (Wildman–Crippen LogP) is 1.43. The number of rotatable bonds is 2. The first-order chi connectivity index (χ1) is 5.55. The highest BCUT2D eigenvalue weighted by molar-refractivity contribution is 5.24. The van der Waals surface area contributed by atoms with E-state index in [4.69, 9.17) is 0 Å². The van der Waals surface area contributed by atoms with E-state index in [-0.39, 0.29) is 5.41 Å². The Kier molecular flexibility index (Phi) is 2.52. The van der Waals surface area contributed by atoms with Crippen LogP contribution in [0, 0.1) is 0 Å². The van der Waals surface area contributed by atoms with Gasteiger partial charge in [0.15, 0.2) is 0 Å². The van der Waals surface area contributed by atoms with Crippen molar-refractivity contribution in [3.63, 3.8) is 0 Å². The van der Waals surface area contributed by atoms with Crippen LogP contribution in [0.25, 0.3) is 0 Å². The molecule has 0 fully saturated rings. The lowest BCUT2D eigenvalue weighted by Crippen LogP contribution is -2.16. The van der Waals surface area contributed by atoms with Crippen LogP contribution < -0.4 is 5.32 Å². The summed E-state index contributed by atoms with van der Waals surface area (Å²) in [5, 5.41) is 10.2. The van der Waals surface area contributed by atoms with Crippen LogP contribution in [0.3, 0.4) is 0 Å². The van der Waals surface area contributed by atoms with Crippen molar-refractivity contribution in [2.24, 2.45) is 0 Å². The number of hydrogen-bond acceptors (Lipinski definition) is 2. The summed E-state index contributed by atoms with van der Waals surface area (Å²) in [6.45, 7) is 7.43. The minimum absolute atomic E-state index is 0.180. The number of nitrogens with one attached hydrogen (secondary N) is 2. The molecule has 1 heterocycles. The quantitative estimate of drug-likeness (QED) is 0.699. The molecule has 3 heteroatoms. The van der Waals surface area contributed by atoms with Crippen LogP contribution in [0.1, 0.15) is 32.0 Å². The molecule has 0 amide bonds. The second-order valence-electron chi connectivity index (χ2n) is 4.04. The van der Waals surface area contributed by atoms with Gasteiger partial charge in [0, 0.05) is 6.54 Å². The topological polar surface area (TPSA) is 40.7 Å². The van der Waals surface area contributed by atoms with Crippen LogP contribution >= 0.6 is 0 Å². The fourth-order valence-corrected chi connectivity index (χ4v) is 1.27. The van der Waals surface area contributed by atoms with Crippen LogP contribution in [-0.2, 0) is 12.0 Å². The molecule has 1 aromatic heterocycles. The number of H-pyrrole nitrogens is 1. The predicted molar refractivity (Wildman–Crippen MR) is 50.1 cm³/mol. The van der Waals surface area contributed by atoms with Gasteiger partial charge in [0.1, 0.15) is 0 Å². The second kappa shape index (κ2) is 3.27. The molecule has 12 heavy (non-hydrogen) atoms. The van der Waals surface area contributed by atoms with E-state index in [9.17, 15) is 0 Å². The van der Waals surface area contributed by atoms with E-state index in [1.165, 1.54) is 11.3 Å². The molecule has 1 rings (SSSR count). The highest BCUT2D eigenvalue weighted by Gasteiger charge is 2.18. The van der Waals surface area contributed by atoms with E-state index < -0.39 is 0 Å². The van der Waals surface area contributed by atoms with Gasteiger partial charge in [0.05, 0.1) is 11.9 Å². The molecule has 1 aromatic rings. The Morgan fingerprint density at radius 1 is 1.50 bits per heavy atom. The lowest BCUT2D eigenvalue weighted by atomic mass is 9.87. The molecule has 0 aromatic carbocycles. The normalized spacial score (nSPS) is 12.0. The molecule has 0 saturated carbocycles. The largest absolute Gasteiger partial charge is 0.314 e. The maximum absolute atomic E-state index is 4.04. The summed E-state index contributed by atoms with van der Waals surface area (Å²) >= 11 is 0. The van der Waals surface area contributed by atoms with Gasteiger partial charge in [-0.3, -0.25) is 5.10 Å². The van der Waals surface area contributed by atoms with E-state index in [0.29, 0.717) is 0 Å². The molecule has 2 N–H and O–H groups in total. The lowest BCUT2D eigenvalue weighted by molar-refractivity contribution is 0.578. The maximum Gasteiger partial charge on any atom is 0.0528 e. The van der Waals surface area contributed by atoms with Gasteiger partial charge in [-0.15, -0.1) is 0 Å². The van der Waals surface area contributed by atoms with E-state index in [1.807, 2.05) is 13.2 Å². The van der Waals surface area contributed by atoms with Gasteiger partial charge >= 0.3 is 0 Å². The Morgan fingerprint density at radius 2 is 2.17 bits per heavy atom. The molecule has 0 spiro atoms. The van der Waals surface area contributed by atoms with Crippen molar-refractivity contribution >= 4 is 0 Å². The van der Waals surface area contributed by atoms with E-state index in [0.717, 1.165) is 6.54 Å². The summed E-state index contributed by atoms with van der Waals surface area (Å²) in [4.78, 5) is 0. The Morgan fingerprint density at radius 3 is 2.67 bits per heavy atom. The third-order valence-corrected chi connectivity index (χ3v) is 1.88. The zero-order chi connectivity index (χ0) is 9.19. The Balaban J connectivity index is 2.91. The summed E-state index contributed by atoms with van der Waals surface area (Å²) in [6.07, 6.45) is 1.91. The summed E-state index contributed by atoms with van der Waals surface area (Å²) in [5.74, 6) is 0. The van der Waals surface area contributed by atoms with Crippen molar-refractivity contribution in [3.05, 3.63) is 17.5 Å². The van der Waals surface area contributed by atoms with E-state index in [1.54, 1.807) is 0 Å². The first-order valence-electron chi connectivity index (χ1n) is 4.23. The first-order valence-corrected chi connectivity index (χ1v) is 4.23. The van der Waals surface area contributed by atoms with Crippen LogP contribution in [-0.4, -0.2) is 17.2 Å². The van der Waals surface area contributed by atoms with Gasteiger partial charge in [-0.1, -0.05) is 20.8 Å². The number of hydrogen-bond donors (Lipinski definition) is 2. The Labute approximate surface area is 73.6 Å². The lowest BCUT2D eigenvalue weighted by Gasteiger charge is -2.18. The number of nitrogens with zero attached hydrogens (tertiary/aromatic N) is 1. The fourth-order valence-electron chi connectivity index (χ4n) is 1.27. The minimum Gasteiger partial charge on any atom is -0.314 e. The smallest absolute Gasteiger partial charge is 0.0528 e. The van der Waals surface area contributed by atoms with Gasteiger partial charge in [-0.25, -0.2) is 0 Å². The monoisotopic (exact) mass is 167 g/mol. The van der Waals surface area contributed by atoms with Gasteiger partial charge in [0.25, 0.3) is 0 Å². The van der Waals surface area contributed by atoms with Crippen LogP contribution in [0.15, 0.2) is 6.20 Å². The molecule has 3 nitrogen and oxygen atoms in total. The van der Waals surface area contributed by atoms with Gasteiger partial charge in [0.2, 0.25) is 0 Å². The molecule has 0 bridgehead atoms. The van der Waals surface area contributed by atoms with Gasteiger partial charge < -0.3 is 5.32 Å². The molecular formula is C9H17N3. The van der Waals surface area contributed by atoms with Crippen molar-refractivity contribution in [2.45, 2.75) is 32.7 Å². The average molecular weight is 167 g/mol. The van der Waals surface area contributed by atoms with Crippen LogP contribution in [0.4, 0.5) is 0 Å². The van der Waals surface area contributed by atoms with Gasteiger partial charge in [-0.05, 0) is 18.0 Å². The van der Waals surface area contributed by atoms with Crippen molar-refractivity contribution < 1.29 is 0 Å². The molecule has 68 valence electrons. The van der Waals surface area contributed by atoms with E-state index in [2.05, 4.69) is 36.3 Å². The van der Waals surface area contributed by atoms with Gasteiger partial charge in [-0.2, -0.15) is 5.10 Å². The van der Waals surface area contributed by atoms with Crippen molar-refractivity contribution in [3.8, 4) is 0 Å². The molecule has 0 saturated heterocycles. The minimum atomic E-state index is 0.180. The summed E-state index contributed by atoms with van der Waals surface area (Å²) in [5.41, 5.74) is 2.65. The second-order valence-corrected chi connectivity index (χ2v) is 4.04. The SMILES string of the molecule is CNCc1[nH]ncc1C(C)(C)C. The average Bonchev–Trinajstić information content (AvgIpc) is 2.34. The summed E-state index contributed by atoms with van der Waals surface area (Å²) in [6, 6.07) is 0. The molecule has 0 radical (unpaired) electrons. The zero-order valence-corrected chi connectivity index (χ0v) is 8.23. The van der Waals surface area contributed by atoms with Crippen LogP contribution in [0.2, 0.25) is 0 Å². The molecule has 0 atom stereocenters. The molecular weight excluding hydrogens is 150 g/mol. The standard InChI is InChI=1S/C9H17N3/c1-9(2,3)7-5-11-12-8(7)6-10-4/h5,10H,6H2,1-4H3,(H,11,12). The van der Waals surface area contributed by atoms with E-state index >= 15 is 0 Å². The maximum atomic E-state index is 4.04. The zero-order valence-electron chi connectivity index (χ0n) is 8.23. The third-order valence-electron chi connectivity index (χ3n) is 1.88. The highest BCUT2D eigenvalue weighted by atomic mass is 15.1. The fraction of sp³-hybridized carbons (Fsp3) is 0.667. The molecule has 0 aliphatic rings. The third kappa shape index (κ3) is 1.85. The Hall–Kier alpha value is -0.830. The highest BCUT2D eigenvalue weighted by Crippen LogP contribution is 2.23. The molecule has 0 aliphatic carbocycles.